The Kier molecular flexibility index (Phi) is 4.63. The van der Waals surface area contributed by atoms with E-state index in [4.69, 9.17) is 0 Å². The molecular weight excluding hydrogens is 308 g/mol. The van der Waals surface area contributed by atoms with Crippen LogP contribution in [0.1, 0.15) is 17.3 Å². The number of aromatic nitrogens is 2. The zero-order chi connectivity index (χ0) is 16.1. The van der Waals surface area contributed by atoms with Crippen LogP contribution in [-0.2, 0) is 6.54 Å². The van der Waals surface area contributed by atoms with Crippen LogP contribution in [0.25, 0.3) is 11.3 Å². The van der Waals surface area contributed by atoms with Crippen molar-refractivity contribution in [2.75, 3.05) is 0 Å². The van der Waals surface area contributed by atoms with Gasteiger partial charge in [0.25, 0.3) is 5.91 Å². The first-order chi connectivity index (χ1) is 11.3. The number of hydrogen-bond acceptors (Lipinski definition) is 4. The predicted octanol–water partition coefficient (Wildman–Crippen LogP) is 2.88. The van der Waals surface area contributed by atoms with Crippen molar-refractivity contribution in [3.63, 3.8) is 0 Å². The van der Waals surface area contributed by atoms with Gasteiger partial charge in [0, 0.05) is 29.9 Å². The highest BCUT2D eigenvalue weighted by Crippen LogP contribution is 2.19. The Morgan fingerprint density at radius 3 is 2.65 bits per heavy atom. The van der Waals surface area contributed by atoms with Crippen molar-refractivity contribution < 1.29 is 4.79 Å². The first-order valence-electron chi connectivity index (χ1n) is 7.27. The second-order valence-electron chi connectivity index (χ2n) is 4.80. The Morgan fingerprint density at radius 2 is 1.96 bits per heavy atom. The van der Waals surface area contributed by atoms with Crippen molar-refractivity contribution in [3.05, 3.63) is 70.6 Å². The molecule has 116 valence electrons. The highest BCUT2D eigenvalue weighted by Gasteiger charge is 2.07. The van der Waals surface area contributed by atoms with Crippen LogP contribution in [0.15, 0.2) is 65.3 Å². The van der Waals surface area contributed by atoms with E-state index in [-0.39, 0.29) is 5.91 Å². The minimum Gasteiger partial charge on any atom is -0.315 e. The third kappa shape index (κ3) is 3.37. The molecule has 1 aromatic carbocycles. The Morgan fingerprint density at radius 1 is 1.22 bits per heavy atom. The van der Waals surface area contributed by atoms with Gasteiger partial charge in [0.05, 0.1) is 5.69 Å². The van der Waals surface area contributed by atoms with Gasteiger partial charge in [-0.05, 0) is 24.6 Å². The fourth-order valence-corrected chi connectivity index (χ4v) is 3.16. The number of hydrogen-bond donors (Lipinski definition) is 1. The number of carbonyl (C=O) groups excluding carboxylic acids is 1. The molecule has 1 N–H and O–H groups in total. The molecule has 5 nitrogen and oxygen atoms in total. The average molecular weight is 324 g/mol. The number of amides is 1. The molecule has 0 aliphatic heterocycles. The molecule has 0 saturated carbocycles. The van der Waals surface area contributed by atoms with E-state index in [9.17, 15) is 4.79 Å². The maximum absolute atomic E-state index is 12.1. The third-order valence-electron chi connectivity index (χ3n) is 3.38. The van der Waals surface area contributed by atoms with Gasteiger partial charge < -0.3 is 4.57 Å². The van der Waals surface area contributed by atoms with E-state index in [2.05, 4.69) is 44.5 Å². The van der Waals surface area contributed by atoms with E-state index in [0.29, 0.717) is 5.56 Å². The molecule has 0 radical (unpaired) electrons. The average Bonchev–Trinajstić information content (AvgIpc) is 3.04. The summed E-state index contributed by atoms with van der Waals surface area (Å²) in [4.78, 5) is 16.7. The summed E-state index contributed by atoms with van der Waals surface area (Å²) in [5.41, 5.74) is 5.36. The van der Waals surface area contributed by atoms with Gasteiger partial charge in [-0.15, -0.1) is 16.4 Å². The summed E-state index contributed by atoms with van der Waals surface area (Å²) in [5.74, 6) is -0.246. The topological polar surface area (TPSA) is 59.3 Å². The number of carbonyl (C=O) groups is 1. The zero-order valence-electron chi connectivity index (χ0n) is 12.6. The summed E-state index contributed by atoms with van der Waals surface area (Å²) >= 11 is 1.50. The Bertz CT molecular complexity index is 853. The SMILES string of the molecule is CCn1c(-c2ccccc2)csc1=NNC(=O)c1ccncc1. The van der Waals surface area contributed by atoms with Crippen LogP contribution in [0.3, 0.4) is 0 Å². The van der Waals surface area contributed by atoms with Gasteiger partial charge in [-0.1, -0.05) is 30.3 Å². The Labute approximate surface area is 138 Å². The number of pyridine rings is 1. The Hall–Kier alpha value is -2.73. The summed E-state index contributed by atoms with van der Waals surface area (Å²) in [5, 5.41) is 6.31. The molecular formula is C17H16N4OS. The maximum atomic E-state index is 12.1. The number of benzene rings is 1. The molecule has 6 heteroatoms. The predicted molar refractivity (Wildman–Crippen MR) is 90.7 cm³/mol. The first kappa shape index (κ1) is 15.2. The number of rotatable bonds is 4. The van der Waals surface area contributed by atoms with Gasteiger partial charge in [0.2, 0.25) is 4.80 Å². The van der Waals surface area contributed by atoms with E-state index in [0.717, 1.165) is 22.6 Å². The molecule has 0 bridgehead atoms. The van der Waals surface area contributed by atoms with Gasteiger partial charge >= 0.3 is 0 Å². The largest absolute Gasteiger partial charge is 0.315 e. The summed E-state index contributed by atoms with van der Waals surface area (Å²) in [6, 6.07) is 13.4. The molecule has 2 aromatic heterocycles. The molecule has 3 aromatic rings. The van der Waals surface area contributed by atoms with Crippen LogP contribution in [-0.4, -0.2) is 15.5 Å². The van der Waals surface area contributed by atoms with Crippen molar-refractivity contribution in [3.8, 4) is 11.3 Å². The molecule has 0 saturated heterocycles. The van der Waals surface area contributed by atoms with Crippen LogP contribution in [0.2, 0.25) is 0 Å². The standard InChI is InChI=1S/C17H16N4OS/c1-2-21-15(13-6-4-3-5-7-13)12-23-17(21)20-19-16(22)14-8-10-18-11-9-14/h3-12H,2H2,1H3,(H,19,22). The molecule has 0 atom stereocenters. The van der Waals surface area contributed by atoms with Crippen molar-refractivity contribution in [1.82, 2.24) is 15.0 Å². The van der Waals surface area contributed by atoms with E-state index in [1.165, 1.54) is 11.3 Å². The number of thiazole rings is 1. The van der Waals surface area contributed by atoms with Crippen molar-refractivity contribution in [2.24, 2.45) is 5.10 Å². The quantitative estimate of drug-likeness (QED) is 0.750. The van der Waals surface area contributed by atoms with Crippen LogP contribution < -0.4 is 10.2 Å². The van der Waals surface area contributed by atoms with Gasteiger partial charge in [0.15, 0.2) is 0 Å². The van der Waals surface area contributed by atoms with Crippen LogP contribution in [0, 0.1) is 0 Å². The van der Waals surface area contributed by atoms with E-state index < -0.39 is 0 Å². The maximum Gasteiger partial charge on any atom is 0.271 e. The molecule has 3 rings (SSSR count). The number of nitrogens with one attached hydrogen (secondary N) is 1. The minimum atomic E-state index is -0.246. The minimum absolute atomic E-state index is 0.246. The lowest BCUT2D eigenvalue weighted by atomic mass is 10.2. The van der Waals surface area contributed by atoms with E-state index >= 15 is 0 Å². The van der Waals surface area contributed by atoms with Crippen LogP contribution in [0.5, 0.6) is 0 Å². The normalized spacial score (nSPS) is 11.4. The third-order valence-corrected chi connectivity index (χ3v) is 4.24. The molecule has 0 fully saturated rings. The van der Waals surface area contributed by atoms with Crippen LogP contribution in [0.4, 0.5) is 0 Å². The van der Waals surface area contributed by atoms with Gasteiger partial charge in [0.1, 0.15) is 0 Å². The van der Waals surface area contributed by atoms with Gasteiger partial charge in [-0.2, -0.15) is 0 Å². The van der Waals surface area contributed by atoms with Crippen LogP contribution >= 0.6 is 11.3 Å². The smallest absolute Gasteiger partial charge is 0.271 e. The van der Waals surface area contributed by atoms with Gasteiger partial charge in [-0.3, -0.25) is 9.78 Å². The lowest BCUT2D eigenvalue weighted by molar-refractivity contribution is 0.0953. The fourth-order valence-electron chi connectivity index (χ4n) is 2.23. The second-order valence-corrected chi connectivity index (χ2v) is 5.64. The highest BCUT2D eigenvalue weighted by atomic mass is 32.1. The second kappa shape index (κ2) is 7.02. The van der Waals surface area contributed by atoms with Crippen molar-refractivity contribution in [1.29, 1.82) is 0 Å². The van der Waals surface area contributed by atoms with E-state index in [1.54, 1.807) is 24.5 Å². The molecule has 0 unspecified atom stereocenters. The van der Waals surface area contributed by atoms with Crippen molar-refractivity contribution in [2.45, 2.75) is 13.5 Å². The summed E-state index contributed by atoms with van der Waals surface area (Å²) < 4.78 is 2.08. The molecule has 0 aliphatic carbocycles. The fraction of sp³-hybridized carbons (Fsp3) is 0.118. The lowest BCUT2D eigenvalue weighted by Gasteiger charge is -2.05. The summed E-state index contributed by atoms with van der Waals surface area (Å²) in [7, 11) is 0. The Balaban J connectivity index is 1.89. The van der Waals surface area contributed by atoms with E-state index in [1.807, 2.05) is 18.2 Å². The number of nitrogens with zero attached hydrogens (tertiary/aromatic N) is 3. The molecule has 2 heterocycles. The first-order valence-corrected chi connectivity index (χ1v) is 8.15. The highest BCUT2D eigenvalue weighted by molar-refractivity contribution is 7.07. The monoisotopic (exact) mass is 324 g/mol. The summed E-state index contributed by atoms with van der Waals surface area (Å²) in [6.07, 6.45) is 3.17. The lowest BCUT2D eigenvalue weighted by Crippen LogP contribution is -2.24. The molecule has 0 aliphatic rings. The summed E-state index contributed by atoms with van der Waals surface area (Å²) in [6.45, 7) is 2.83. The van der Waals surface area contributed by atoms with Crippen molar-refractivity contribution >= 4 is 17.2 Å². The zero-order valence-corrected chi connectivity index (χ0v) is 13.5. The molecule has 1 amide bonds. The molecule has 0 spiro atoms. The molecule has 23 heavy (non-hydrogen) atoms. The van der Waals surface area contributed by atoms with Gasteiger partial charge in [-0.25, -0.2) is 5.43 Å².